The van der Waals surface area contributed by atoms with Crippen LogP contribution in [0.3, 0.4) is 0 Å². The monoisotopic (exact) mass is 248 g/mol. The Morgan fingerprint density at radius 1 is 1.12 bits per heavy atom. The topological polar surface area (TPSA) is 17.8 Å². The molecule has 2 aromatic rings. The van der Waals surface area contributed by atoms with Crippen molar-refractivity contribution in [3.05, 3.63) is 41.7 Å². The highest BCUT2D eigenvalue weighted by atomic mass is 35.5. The van der Waals surface area contributed by atoms with Crippen LogP contribution in [0, 0.1) is 0 Å². The molecule has 0 bridgehead atoms. The summed E-state index contributed by atoms with van der Waals surface area (Å²) in [6.07, 6.45) is 6.25. The Morgan fingerprint density at radius 3 is 2.35 bits per heavy atom. The van der Waals surface area contributed by atoms with Crippen LogP contribution >= 0.6 is 11.6 Å². The number of benzene rings is 1. The van der Waals surface area contributed by atoms with Gasteiger partial charge in [0.25, 0.3) is 0 Å². The van der Waals surface area contributed by atoms with Crippen LogP contribution < -0.4 is 0 Å². The van der Waals surface area contributed by atoms with Gasteiger partial charge >= 0.3 is 0 Å². The summed E-state index contributed by atoms with van der Waals surface area (Å²) in [6.45, 7) is 4.38. The molecule has 0 saturated carbocycles. The van der Waals surface area contributed by atoms with E-state index in [1.54, 1.807) is 0 Å². The van der Waals surface area contributed by atoms with Gasteiger partial charge in [0.15, 0.2) is 0 Å². The summed E-state index contributed by atoms with van der Waals surface area (Å²) in [5.74, 6) is 0. The zero-order valence-electron chi connectivity index (χ0n) is 10.2. The third-order valence-corrected chi connectivity index (χ3v) is 3.35. The highest BCUT2D eigenvalue weighted by molar-refractivity contribution is 6.30. The van der Waals surface area contributed by atoms with Crippen LogP contribution in [0.4, 0.5) is 0 Å². The lowest BCUT2D eigenvalue weighted by molar-refractivity contribution is 0.428. The zero-order chi connectivity index (χ0) is 12.3. The predicted molar refractivity (Wildman–Crippen MR) is 72.3 cm³/mol. The van der Waals surface area contributed by atoms with Crippen LogP contribution in [0.1, 0.15) is 32.7 Å². The number of aromatic nitrogens is 2. The van der Waals surface area contributed by atoms with Crippen molar-refractivity contribution in [2.45, 2.75) is 32.7 Å². The molecule has 17 heavy (non-hydrogen) atoms. The molecule has 90 valence electrons. The van der Waals surface area contributed by atoms with Crippen molar-refractivity contribution in [2.24, 2.45) is 0 Å². The summed E-state index contributed by atoms with van der Waals surface area (Å²) >= 11 is 5.88. The molecule has 1 aromatic heterocycles. The van der Waals surface area contributed by atoms with E-state index in [-0.39, 0.29) is 0 Å². The Bertz CT molecular complexity index is 469. The van der Waals surface area contributed by atoms with Crippen molar-refractivity contribution in [2.75, 3.05) is 0 Å². The molecule has 0 radical (unpaired) electrons. The first-order chi connectivity index (χ1) is 8.24. The largest absolute Gasteiger partial charge is 0.269 e. The molecule has 0 saturated heterocycles. The Hall–Kier alpha value is -1.28. The van der Waals surface area contributed by atoms with Gasteiger partial charge in [-0.15, -0.1) is 0 Å². The van der Waals surface area contributed by atoms with Gasteiger partial charge in [-0.25, -0.2) is 0 Å². The lowest BCUT2D eigenvalue weighted by atomic mass is 10.1. The molecule has 0 atom stereocenters. The average Bonchev–Trinajstić information content (AvgIpc) is 2.81. The number of hydrogen-bond acceptors (Lipinski definition) is 1. The molecule has 3 heteroatoms. The molecule has 0 N–H and O–H groups in total. The first-order valence-electron chi connectivity index (χ1n) is 6.04. The van der Waals surface area contributed by atoms with E-state index in [0.29, 0.717) is 6.04 Å². The average molecular weight is 249 g/mol. The van der Waals surface area contributed by atoms with Crippen LogP contribution in [0.2, 0.25) is 5.02 Å². The lowest BCUT2D eigenvalue weighted by Gasteiger charge is -2.12. The molecular weight excluding hydrogens is 232 g/mol. The molecule has 0 spiro atoms. The first-order valence-corrected chi connectivity index (χ1v) is 6.42. The summed E-state index contributed by atoms with van der Waals surface area (Å²) in [7, 11) is 0. The van der Waals surface area contributed by atoms with Gasteiger partial charge in [0.05, 0.1) is 12.2 Å². The SMILES string of the molecule is CCC(CC)n1cc(-c2ccc(Cl)cc2)cn1. The van der Waals surface area contributed by atoms with Gasteiger partial charge in [0.1, 0.15) is 0 Å². The maximum Gasteiger partial charge on any atom is 0.0568 e. The Labute approximate surface area is 107 Å². The highest BCUT2D eigenvalue weighted by Crippen LogP contribution is 2.23. The van der Waals surface area contributed by atoms with E-state index in [4.69, 9.17) is 11.6 Å². The zero-order valence-corrected chi connectivity index (χ0v) is 11.0. The van der Waals surface area contributed by atoms with Gasteiger partial charge in [-0.05, 0) is 30.5 Å². The van der Waals surface area contributed by atoms with Crippen molar-refractivity contribution in [3.8, 4) is 11.1 Å². The Morgan fingerprint density at radius 2 is 1.76 bits per heavy atom. The van der Waals surface area contributed by atoms with E-state index >= 15 is 0 Å². The second-order valence-electron chi connectivity index (χ2n) is 4.19. The number of halogens is 1. The van der Waals surface area contributed by atoms with E-state index in [1.807, 2.05) is 30.5 Å². The normalized spacial score (nSPS) is 11.1. The standard InChI is InChI=1S/C14H17ClN2/c1-3-14(4-2)17-10-12(9-16-17)11-5-7-13(15)8-6-11/h5-10,14H,3-4H2,1-2H3. The highest BCUT2D eigenvalue weighted by Gasteiger charge is 2.08. The molecule has 2 rings (SSSR count). The molecule has 0 fully saturated rings. The maximum atomic E-state index is 5.88. The fourth-order valence-electron chi connectivity index (χ4n) is 1.99. The summed E-state index contributed by atoms with van der Waals surface area (Å²) in [6, 6.07) is 8.36. The van der Waals surface area contributed by atoms with Crippen LogP contribution in [0.5, 0.6) is 0 Å². The van der Waals surface area contributed by atoms with Gasteiger partial charge in [-0.3, -0.25) is 4.68 Å². The molecule has 1 aromatic carbocycles. The second-order valence-corrected chi connectivity index (χ2v) is 4.62. The first kappa shape index (κ1) is 12.2. The minimum Gasteiger partial charge on any atom is -0.269 e. The molecule has 0 aliphatic carbocycles. The van der Waals surface area contributed by atoms with E-state index in [2.05, 4.69) is 29.8 Å². The van der Waals surface area contributed by atoms with Crippen LogP contribution in [0.15, 0.2) is 36.7 Å². The lowest BCUT2D eigenvalue weighted by Crippen LogP contribution is -2.06. The fraction of sp³-hybridized carbons (Fsp3) is 0.357. The summed E-state index contributed by atoms with van der Waals surface area (Å²) in [4.78, 5) is 0. The summed E-state index contributed by atoms with van der Waals surface area (Å²) in [5, 5.41) is 5.21. The third kappa shape index (κ3) is 2.70. The molecule has 0 aliphatic heterocycles. The minimum atomic E-state index is 0.496. The minimum absolute atomic E-state index is 0.496. The van der Waals surface area contributed by atoms with Gasteiger partial charge in [-0.2, -0.15) is 5.10 Å². The van der Waals surface area contributed by atoms with E-state index in [9.17, 15) is 0 Å². The maximum absolute atomic E-state index is 5.88. The van der Waals surface area contributed by atoms with Crippen molar-refractivity contribution >= 4 is 11.6 Å². The van der Waals surface area contributed by atoms with Crippen LogP contribution in [-0.2, 0) is 0 Å². The van der Waals surface area contributed by atoms with Crippen LogP contribution in [-0.4, -0.2) is 9.78 Å². The van der Waals surface area contributed by atoms with E-state index in [1.165, 1.54) is 0 Å². The van der Waals surface area contributed by atoms with E-state index in [0.717, 1.165) is 29.0 Å². The third-order valence-electron chi connectivity index (χ3n) is 3.10. The Balaban J connectivity index is 2.26. The summed E-state index contributed by atoms with van der Waals surface area (Å²) < 4.78 is 2.06. The smallest absolute Gasteiger partial charge is 0.0568 e. The number of rotatable bonds is 4. The second kappa shape index (κ2) is 5.37. The van der Waals surface area contributed by atoms with Gasteiger partial charge in [0.2, 0.25) is 0 Å². The van der Waals surface area contributed by atoms with Gasteiger partial charge in [0, 0.05) is 16.8 Å². The quantitative estimate of drug-likeness (QED) is 0.775. The number of nitrogens with zero attached hydrogens (tertiary/aromatic N) is 2. The molecule has 0 amide bonds. The van der Waals surface area contributed by atoms with Gasteiger partial charge < -0.3 is 0 Å². The van der Waals surface area contributed by atoms with Crippen molar-refractivity contribution < 1.29 is 0 Å². The van der Waals surface area contributed by atoms with Gasteiger partial charge in [-0.1, -0.05) is 37.6 Å². The number of hydrogen-bond donors (Lipinski definition) is 0. The van der Waals surface area contributed by atoms with Crippen molar-refractivity contribution in [1.82, 2.24) is 9.78 Å². The molecular formula is C14H17ClN2. The van der Waals surface area contributed by atoms with Crippen molar-refractivity contribution in [1.29, 1.82) is 0 Å². The predicted octanol–water partition coefficient (Wildman–Crippen LogP) is 4.56. The molecule has 0 aliphatic rings. The van der Waals surface area contributed by atoms with E-state index < -0.39 is 0 Å². The van der Waals surface area contributed by atoms with Crippen molar-refractivity contribution in [3.63, 3.8) is 0 Å². The Kier molecular flexibility index (Phi) is 3.85. The van der Waals surface area contributed by atoms with Crippen LogP contribution in [0.25, 0.3) is 11.1 Å². The summed E-state index contributed by atoms with van der Waals surface area (Å²) in [5.41, 5.74) is 2.31. The molecule has 1 heterocycles. The molecule has 2 nitrogen and oxygen atoms in total. The molecule has 0 unspecified atom stereocenters. The fourth-order valence-corrected chi connectivity index (χ4v) is 2.12.